The summed E-state index contributed by atoms with van der Waals surface area (Å²) in [5.74, 6) is -5.57. The quantitative estimate of drug-likeness (QED) is 0.690. The maximum Gasteiger partial charge on any atom is 0.393 e. The standard InChI is InChI=1S/C20H20F4N2O5/c1-31-18-15-11(17(28)12(19(29)30)6-26(15)10-2-3-10)4-14(21)16(18)25-5-9(8-27)13(7-25)20(22,23)24/h4,6,9-10,13,27H,2-3,5,7-8H2,1H3,(H,29,30)/t9-,13+/m1/s1. The van der Waals surface area contributed by atoms with E-state index in [0.717, 1.165) is 6.07 Å². The number of carbonyl (C=O) groups is 1. The Hall–Kier alpha value is -2.82. The molecule has 1 aliphatic carbocycles. The Kier molecular flexibility index (Phi) is 5.11. The number of aliphatic hydroxyl groups is 1. The number of ether oxygens (including phenoxy) is 1. The molecule has 2 N–H and O–H groups in total. The van der Waals surface area contributed by atoms with Crippen molar-refractivity contribution in [3.8, 4) is 5.75 Å². The Bertz CT molecular complexity index is 1110. The number of nitrogens with zero attached hydrogens (tertiary/aromatic N) is 2. The first kappa shape index (κ1) is 21.4. The molecular formula is C20H20F4N2O5. The summed E-state index contributed by atoms with van der Waals surface area (Å²) in [5.41, 5.74) is -1.51. The lowest BCUT2D eigenvalue weighted by Crippen LogP contribution is -2.31. The summed E-state index contributed by atoms with van der Waals surface area (Å²) in [4.78, 5) is 25.4. The molecule has 31 heavy (non-hydrogen) atoms. The van der Waals surface area contributed by atoms with Gasteiger partial charge in [-0.15, -0.1) is 0 Å². The van der Waals surface area contributed by atoms with Crippen LogP contribution < -0.4 is 15.1 Å². The van der Waals surface area contributed by atoms with Crippen LogP contribution in [-0.2, 0) is 0 Å². The van der Waals surface area contributed by atoms with Gasteiger partial charge in [-0.25, -0.2) is 9.18 Å². The van der Waals surface area contributed by atoms with Gasteiger partial charge in [0.15, 0.2) is 11.6 Å². The van der Waals surface area contributed by atoms with Gasteiger partial charge in [0.1, 0.15) is 11.3 Å². The Labute approximate surface area is 173 Å². The van der Waals surface area contributed by atoms with Gasteiger partial charge in [0, 0.05) is 37.9 Å². The SMILES string of the molecule is COc1c(N2C[C@H](CO)[C@@H](C(F)(F)F)C2)c(F)cc2c(=O)c(C(=O)O)cn(C3CC3)c12. The Balaban J connectivity index is 1.95. The average Bonchev–Trinajstić information content (AvgIpc) is 3.44. The summed E-state index contributed by atoms with van der Waals surface area (Å²) in [6.45, 7) is -1.54. The second-order valence-electron chi connectivity index (χ2n) is 7.95. The lowest BCUT2D eigenvalue weighted by molar-refractivity contribution is -0.181. The van der Waals surface area contributed by atoms with Crippen LogP contribution in [0.15, 0.2) is 17.1 Å². The highest BCUT2D eigenvalue weighted by atomic mass is 19.4. The van der Waals surface area contributed by atoms with Crippen molar-refractivity contribution in [3.63, 3.8) is 0 Å². The van der Waals surface area contributed by atoms with Gasteiger partial charge in [-0.1, -0.05) is 0 Å². The van der Waals surface area contributed by atoms with Gasteiger partial charge in [-0.05, 0) is 18.9 Å². The van der Waals surface area contributed by atoms with Crippen molar-refractivity contribution in [3.05, 3.63) is 33.9 Å². The van der Waals surface area contributed by atoms with Crippen molar-refractivity contribution < 1.29 is 37.3 Å². The number of carboxylic acids is 1. The first-order chi connectivity index (χ1) is 14.6. The van der Waals surface area contributed by atoms with Crippen LogP contribution in [0.1, 0.15) is 29.2 Å². The second-order valence-corrected chi connectivity index (χ2v) is 7.95. The van der Waals surface area contributed by atoms with Gasteiger partial charge in [-0.3, -0.25) is 4.79 Å². The minimum atomic E-state index is -4.57. The van der Waals surface area contributed by atoms with Gasteiger partial charge in [0.2, 0.25) is 5.43 Å². The van der Waals surface area contributed by atoms with E-state index in [1.807, 2.05) is 0 Å². The predicted molar refractivity (Wildman–Crippen MR) is 102 cm³/mol. The highest BCUT2D eigenvalue weighted by Gasteiger charge is 2.50. The fourth-order valence-electron chi connectivity index (χ4n) is 4.33. The number of pyridine rings is 1. The number of aliphatic hydroxyl groups excluding tert-OH is 1. The van der Waals surface area contributed by atoms with Crippen molar-refractivity contribution >= 4 is 22.6 Å². The predicted octanol–water partition coefficient (Wildman–Crippen LogP) is 2.79. The van der Waals surface area contributed by atoms with Crippen LogP contribution in [0.5, 0.6) is 5.75 Å². The third kappa shape index (κ3) is 3.50. The van der Waals surface area contributed by atoms with Crippen molar-refractivity contribution in [2.45, 2.75) is 25.1 Å². The molecule has 1 aliphatic heterocycles. The molecule has 2 heterocycles. The van der Waals surface area contributed by atoms with E-state index in [-0.39, 0.29) is 34.9 Å². The third-order valence-corrected chi connectivity index (χ3v) is 5.99. The number of aromatic nitrogens is 1. The summed E-state index contributed by atoms with van der Waals surface area (Å²) < 4.78 is 62.3. The number of benzene rings is 1. The average molecular weight is 444 g/mol. The summed E-state index contributed by atoms with van der Waals surface area (Å²) in [7, 11) is 1.21. The van der Waals surface area contributed by atoms with Crippen LogP contribution in [0.2, 0.25) is 0 Å². The maximum absolute atomic E-state index is 15.2. The fourth-order valence-corrected chi connectivity index (χ4v) is 4.33. The van der Waals surface area contributed by atoms with Gasteiger partial charge in [0.25, 0.3) is 0 Å². The van der Waals surface area contributed by atoms with E-state index >= 15 is 4.39 Å². The molecule has 1 saturated carbocycles. The lowest BCUT2D eigenvalue weighted by atomic mass is 9.97. The molecule has 0 bridgehead atoms. The van der Waals surface area contributed by atoms with E-state index in [0.29, 0.717) is 12.8 Å². The van der Waals surface area contributed by atoms with Crippen molar-refractivity contribution in [1.82, 2.24) is 4.57 Å². The maximum atomic E-state index is 15.2. The van der Waals surface area contributed by atoms with Gasteiger partial charge in [0.05, 0.1) is 23.9 Å². The Morgan fingerprint density at radius 2 is 1.97 bits per heavy atom. The Morgan fingerprint density at radius 1 is 1.29 bits per heavy atom. The number of hydrogen-bond acceptors (Lipinski definition) is 5. The van der Waals surface area contributed by atoms with Gasteiger partial charge in [-0.2, -0.15) is 13.2 Å². The zero-order valence-corrected chi connectivity index (χ0v) is 16.4. The third-order valence-electron chi connectivity index (χ3n) is 5.99. The molecule has 1 saturated heterocycles. The van der Waals surface area contributed by atoms with Crippen LogP contribution >= 0.6 is 0 Å². The van der Waals surface area contributed by atoms with Crippen LogP contribution in [0.4, 0.5) is 23.2 Å². The summed E-state index contributed by atoms with van der Waals surface area (Å²) >= 11 is 0. The number of alkyl halides is 3. The van der Waals surface area contributed by atoms with E-state index in [9.17, 15) is 33.0 Å². The van der Waals surface area contributed by atoms with Gasteiger partial charge >= 0.3 is 12.1 Å². The number of halogens is 4. The summed E-state index contributed by atoms with van der Waals surface area (Å²) in [5, 5.41) is 18.6. The van der Waals surface area contributed by atoms with Gasteiger partial charge < -0.3 is 24.4 Å². The fraction of sp³-hybridized carbons (Fsp3) is 0.500. The van der Waals surface area contributed by atoms with E-state index in [4.69, 9.17) is 4.74 Å². The molecule has 168 valence electrons. The molecule has 1 aromatic heterocycles. The van der Waals surface area contributed by atoms with E-state index < -0.39 is 53.9 Å². The number of carboxylic acid groups (broad SMARTS) is 1. The highest BCUT2D eigenvalue weighted by molar-refractivity contribution is 5.97. The van der Waals surface area contributed by atoms with Crippen LogP contribution in [0.25, 0.3) is 10.9 Å². The van der Waals surface area contributed by atoms with Crippen molar-refractivity contribution in [2.75, 3.05) is 31.7 Å². The number of hydrogen-bond donors (Lipinski definition) is 2. The molecule has 2 aliphatic rings. The van der Waals surface area contributed by atoms with Crippen molar-refractivity contribution in [1.29, 1.82) is 0 Å². The molecule has 0 spiro atoms. The van der Waals surface area contributed by atoms with E-state index in [1.165, 1.54) is 22.8 Å². The molecule has 0 radical (unpaired) electrons. The smallest absolute Gasteiger partial charge is 0.393 e. The first-order valence-electron chi connectivity index (χ1n) is 9.69. The zero-order valence-electron chi connectivity index (χ0n) is 16.4. The van der Waals surface area contributed by atoms with Crippen LogP contribution in [0, 0.1) is 17.7 Å². The largest absolute Gasteiger partial charge is 0.492 e. The molecule has 7 nitrogen and oxygen atoms in total. The lowest BCUT2D eigenvalue weighted by Gasteiger charge is -2.25. The van der Waals surface area contributed by atoms with Crippen LogP contribution in [-0.4, -0.2) is 53.7 Å². The Morgan fingerprint density at radius 3 is 2.45 bits per heavy atom. The molecule has 4 rings (SSSR count). The molecule has 1 aromatic carbocycles. The molecular weight excluding hydrogens is 424 g/mol. The van der Waals surface area contributed by atoms with E-state index in [1.54, 1.807) is 0 Å². The summed E-state index contributed by atoms with van der Waals surface area (Å²) in [6, 6.07) is 0.732. The second kappa shape index (κ2) is 7.40. The number of fused-ring (bicyclic) bond motifs is 1. The van der Waals surface area contributed by atoms with Crippen LogP contribution in [0.3, 0.4) is 0 Å². The minimum absolute atomic E-state index is 0.125. The zero-order chi connectivity index (χ0) is 22.7. The highest BCUT2D eigenvalue weighted by Crippen LogP contribution is 2.46. The number of methoxy groups -OCH3 is 1. The topological polar surface area (TPSA) is 92.0 Å². The molecule has 0 amide bonds. The minimum Gasteiger partial charge on any atom is -0.492 e. The normalized spacial score (nSPS) is 21.7. The molecule has 2 aromatic rings. The molecule has 2 atom stereocenters. The molecule has 0 unspecified atom stereocenters. The number of anilines is 1. The van der Waals surface area contributed by atoms with Crippen molar-refractivity contribution in [2.24, 2.45) is 11.8 Å². The first-order valence-corrected chi connectivity index (χ1v) is 9.69. The molecule has 11 heteroatoms. The summed E-state index contributed by atoms with van der Waals surface area (Å²) in [6.07, 6.45) is -1.98. The van der Waals surface area contributed by atoms with E-state index in [2.05, 4.69) is 0 Å². The number of aromatic carboxylic acids is 1. The molecule has 2 fully saturated rings. The number of rotatable bonds is 5. The monoisotopic (exact) mass is 444 g/mol.